The largest absolute Gasteiger partial charge is 0.363 e. The van der Waals surface area contributed by atoms with E-state index in [9.17, 15) is 4.79 Å². The third kappa shape index (κ3) is 2.87. The Balaban J connectivity index is 1.60. The summed E-state index contributed by atoms with van der Waals surface area (Å²) in [4.78, 5) is 18.9. The molecule has 2 aliphatic rings. The number of carbonyl (C=O) groups is 1. The molecule has 1 aromatic heterocycles. The second-order valence-corrected chi connectivity index (χ2v) is 7.70. The van der Waals surface area contributed by atoms with E-state index >= 15 is 0 Å². The van der Waals surface area contributed by atoms with Crippen LogP contribution in [0.5, 0.6) is 0 Å². The molecule has 0 bridgehead atoms. The molecule has 1 amide bonds. The summed E-state index contributed by atoms with van der Waals surface area (Å²) in [7, 11) is 1.90. The van der Waals surface area contributed by atoms with Gasteiger partial charge in [0.2, 0.25) is 5.91 Å². The summed E-state index contributed by atoms with van der Waals surface area (Å²) in [6, 6.07) is 4.60. The van der Waals surface area contributed by atoms with Crippen molar-refractivity contribution in [1.82, 2.24) is 9.80 Å². The highest BCUT2D eigenvalue weighted by Crippen LogP contribution is 2.35. The van der Waals surface area contributed by atoms with Gasteiger partial charge < -0.3 is 9.64 Å². The van der Waals surface area contributed by atoms with Gasteiger partial charge in [0.1, 0.15) is 6.61 Å². The van der Waals surface area contributed by atoms with E-state index in [1.165, 1.54) is 9.75 Å². The fourth-order valence-electron chi connectivity index (χ4n) is 3.44. The minimum absolute atomic E-state index is 0.101. The first kappa shape index (κ1) is 15.0. The van der Waals surface area contributed by atoms with E-state index in [0.29, 0.717) is 0 Å². The highest BCUT2D eigenvalue weighted by Gasteiger charge is 2.46. The molecule has 1 unspecified atom stereocenters. The molecule has 0 radical (unpaired) electrons. The minimum Gasteiger partial charge on any atom is -0.363 e. The summed E-state index contributed by atoms with van der Waals surface area (Å²) in [5.74, 6) is 0.101. The molecule has 0 saturated carbocycles. The van der Waals surface area contributed by atoms with Gasteiger partial charge in [-0.15, -0.1) is 11.3 Å². The van der Waals surface area contributed by atoms with Gasteiger partial charge in [0, 0.05) is 36.4 Å². The molecular formula is C16H24N2O2S. The van der Waals surface area contributed by atoms with Crippen LogP contribution in [0.15, 0.2) is 12.1 Å². The number of likely N-dealkylation sites (tertiary alicyclic amines) is 1. The monoisotopic (exact) mass is 308 g/mol. The molecule has 5 heteroatoms. The summed E-state index contributed by atoms with van der Waals surface area (Å²) < 4.78 is 5.99. The van der Waals surface area contributed by atoms with Crippen LogP contribution >= 0.6 is 11.3 Å². The third-order valence-electron chi connectivity index (χ3n) is 5.10. The van der Waals surface area contributed by atoms with E-state index in [1.807, 2.05) is 23.3 Å². The van der Waals surface area contributed by atoms with Crippen LogP contribution in [0.25, 0.3) is 0 Å². The van der Waals surface area contributed by atoms with E-state index in [2.05, 4.69) is 30.9 Å². The van der Waals surface area contributed by atoms with Crippen LogP contribution in [0.2, 0.25) is 0 Å². The van der Waals surface area contributed by atoms with Crippen LogP contribution in [-0.4, -0.2) is 54.1 Å². The summed E-state index contributed by atoms with van der Waals surface area (Å²) in [5, 5.41) is 0. The lowest BCUT2D eigenvalue weighted by Gasteiger charge is -2.50. The number of ether oxygens (including phenoxy) is 1. The van der Waals surface area contributed by atoms with Crippen LogP contribution in [0, 0.1) is 6.92 Å². The van der Waals surface area contributed by atoms with Gasteiger partial charge in [-0.05, 0) is 38.8 Å². The smallest absolute Gasteiger partial charge is 0.248 e. The predicted molar refractivity (Wildman–Crippen MR) is 84.5 cm³/mol. The van der Waals surface area contributed by atoms with Crippen LogP contribution in [0.4, 0.5) is 0 Å². The van der Waals surface area contributed by atoms with Crippen molar-refractivity contribution in [3.05, 3.63) is 21.9 Å². The SMILES string of the molecule is Cc1ccc(CN2CCC3(CC2)OCC(=O)N(C)C3C)s1. The zero-order valence-corrected chi connectivity index (χ0v) is 13.9. The first-order chi connectivity index (χ1) is 10.00. The van der Waals surface area contributed by atoms with Gasteiger partial charge in [-0.3, -0.25) is 9.69 Å². The molecule has 3 rings (SSSR count). The van der Waals surface area contributed by atoms with Crippen molar-refractivity contribution in [1.29, 1.82) is 0 Å². The number of aryl methyl sites for hydroxylation is 1. The highest BCUT2D eigenvalue weighted by molar-refractivity contribution is 7.11. The lowest BCUT2D eigenvalue weighted by atomic mass is 9.83. The number of morpholine rings is 1. The molecule has 2 aliphatic heterocycles. The molecule has 3 heterocycles. The molecule has 116 valence electrons. The number of amides is 1. The molecular weight excluding hydrogens is 284 g/mol. The number of piperidine rings is 1. The highest BCUT2D eigenvalue weighted by atomic mass is 32.1. The third-order valence-corrected chi connectivity index (χ3v) is 6.08. The van der Waals surface area contributed by atoms with Crippen molar-refractivity contribution in [2.75, 3.05) is 26.7 Å². The first-order valence-corrected chi connectivity index (χ1v) is 8.49. The Labute approximate surface area is 130 Å². The van der Waals surface area contributed by atoms with Crippen molar-refractivity contribution >= 4 is 17.2 Å². The fraction of sp³-hybridized carbons (Fsp3) is 0.688. The molecule has 2 saturated heterocycles. The van der Waals surface area contributed by atoms with Crippen molar-refractivity contribution in [2.45, 2.75) is 44.9 Å². The van der Waals surface area contributed by atoms with Crippen LogP contribution in [-0.2, 0) is 16.1 Å². The van der Waals surface area contributed by atoms with Crippen LogP contribution in [0.1, 0.15) is 29.5 Å². The van der Waals surface area contributed by atoms with Crippen molar-refractivity contribution in [2.24, 2.45) is 0 Å². The van der Waals surface area contributed by atoms with Gasteiger partial charge in [0.25, 0.3) is 0 Å². The second kappa shape index (κ2) is 5.71. The Morgan fingerprint density at radius 1 is 1.38 bits per heavy atom. The first-order valence-electron chi connectivity index (χ1n) is 7.67. The summed E-state index contributed by atoms with van der Waals surface area (Å²) in [6.45, 7) is 7.65. The minimum atomic E-state index is -0.134. The topological polar surface area (TPSA) is 32.8 Å². The Morgan fingerprint density at radius 2 is 2.10 bits per heavy atom. The maximum atomic E-state index is 11.7. The summed E-state index contributed by atoms with van der Waals surface area (Å²) in [6.07, 6.45) is 2.02. The number of thiophene rings is 1. The lowest BCUT2D eigenvalue weighted by Crippen LogP contribution is -2.62. The van der Waals surface area contributed by atoms with E-state index in [1.54, 1.807) is 0 Å². The van der Waals surface area contributed by atoms with Crippen molar-refractivity contribution < 1.29 is 9.53 Å². The number of hydrogen-bond donors (Lipinski definition) is 0. The Hall–Kier alpha value is -0.910. The van der Waals surface area contributed by atoms with E-state index in [4.69, 9.17) is 4.74 Å². The van der Waals surface area contributed by atoms with Gasteiger partial charge in [0.05, 0.1) is 11.6 Å². The molecule has 1 atom stereocenters. The molecule has 1 aromatic rings. The van der Waals surface area contributed by atoms with Gasteiger partial charge in [-0.2, -0.15) is 0 Å². The van der Waals surface area contributed by atoms with Gasteiger partial charge in [0.15, 0.2) is 0 Å². The standard InChI is InChI=1S/C16H24N2O2S/c1-12-4-5-14(21-12)10-18-8-6-16(7-9-18)13(2)17(3)15(19)11-20-16/h4-5,13H,6-11H2,1-3H3. The van der Waals surface area contributed by atoms with Crippen LogP contribution in [0.3, 0.4) is 0 Å². The molecule has 21 heavy (non-hydrogen) atoms. The zero-order valence-electron chi connectivity index (χ0n) is 13.1. The Kier molecular flexibility index (Phi) is 4.08. The quantitative estimate of drug-likeness (QED) is 0.840. The average Bonchev–Trinajstić information content (AvgIpc) is 2.89. The second-order valence-electron chi connectivity index (χ2n) is 6.32. The van der Waals surface area contributed by atoms with E-state index < -0.39 is 0 Å². The van der Waals surface area contributed by atoms with Gasteiger partial charge in [-0.25, -0.2) is 0 Å². The maximum absolute atomic E-state index is 11.7. The number of carbonyl (C=O) groups excluding carboxylic acids is 1. The Bertz CT molecular complexity index is 520. The maximum Gasteiger partial charge on any atom is 0.248 e. The van der Waals surface area contributed by atoms with Crippen LogP contribution < -0.4 is 0 Å². The normalized spacial score (nSPS) is 26.5. The van der Waals surface area contributed by atoms with Gasteiger partial charge in [-0.1, -0.05) is 0 Å². The summed E-state index contributed by atoms with van der Waals surface area (Å²) >= 11 is 1.88. The molecule has 2 fully saturated rings. The number of likely N-dealkylation sites (N-methyl/N-ethyl adjacent to an activating group) is 1. The fourth-order valence-corrected chi connectivity index (χ4v) is 4.37. The van der Waals surface area contributed by atoms with Crippen molar-refractivity contribution in [3.63, 3.8) is 0 Å². The van der Waals surface area contributed by atoms with E-state index in [-0.39, 0.29) is 24.2 Å². The molecule has 4 nitrogen and oxygen atoms in total. The number of nitrogens with zero attached hydrogens (tertiary/aromatic N) is 2. The van der Waals surface area contributed by atoms with E-state index in [0.717, 1.165) is 32.5 Å². The van der Waals surface area contributed by atoms with Crippen molar-refractivity contribution in [3.8, 4) is 0 Å². The molecule has 0 N–H and O–H groups in total. The molecule has 1 spiro atoms. The number of hydrogen-bond acceptors (Lipinski definition) is 4. The Morgan fingerprint density at radius 3 is 2.71 bits per heavy atom. The number of rotatable bonds is 2. The molecule has 0 aromatic carbocycles. The van der Waals surface area contributed by atoms with Gasteiger partial charge >= 0.3 is 0 Å². The zero-order chi connectivity index (χ0) is 15.0. The summed E-state index contributed by atoms with van der Waals surface area (Å²) in [5.41, 5.74) is -0.134. The molecule has 0 aliphatic carbocycles. The average molecular weight is 308 g/mol. The predicted octanol–water partition coefficient (Wildman–Crippen LogP) is 2.27. The lowest BCUT2D eigenvalue weighted by molar-refractivity contribution is -0.183.